The van der Waals surface area contributed by atoms with E-state index in [2.05, 4.69) is 12.2 Å². The summed E-state index contributed by atoms with van der Waals surface area (Å²) >= 11 is 0. The predicted molar refractivity (Wildman–Crippen MR) is 107 cm³/mol. The minimum Gasteiger partial charge on any atom is -0.379 e. The molecule has 2 bridgehead atoms. The van der Waals surface area contributed by atoms with Gasteiger partial charge in [-0.1, -0.05) is 12.5 Å². The number of amides is 1. The van der Waals surface area contributed by atoms with Gasteiger partial charge in [0.1, 0.15) is 0 Å². The van der Waals surface area contributed by atoms with Crippen LogP contribution < -0.4 is 5.32 Å². The molecule has 0 unspecified atom stereocenters. The van der Waals surface area contributed by atoms with Crippen LogP contribution in [-0.2, 0) is 14.8 Å². The highest BCUT2D eigenvalue weighted by Gasteiger charge is 2.42. The molecule has 0 radical (unpaired) electrons. The Kier molecular flexibility index (Phi) is 5.51. The number of rotatable bonds is 5. The molecule has 2 aliphatic carbocycles. The Morgan fingerprint density at radius 2 is 1.96 bits per heavy atom. The van der Waals surface area contributed by atoms with Gasteiger partial charge < -0.3 is 10.1 Å². The third-order valence-corrected chi connectivity index (χ3v) is 8.75. The number of nitrogens with one attached hydrogen (secondary N) is 1. The second-order valence-corrected chi connectivity index (χ2v) is 10.5. The number of nitrogens with zero attached hydrogens (tertiary/aromatic N) is 1. The van der Waals surface area contributed by atoms with Gasteiger partial charge in [0.05, 0.1) is 18.1 Å². The maximum absolute atomic E-state index is 13.0. The van der Waals surface area contributed by atoms with Gasteiger partial charge in [-0.3, -0.25) is 4.79 Å². The van der Waals surface area contributed by atoms with Crippen molar-refractivity contribution in [3.63, 3.8) is 0 Å². The van der Waals surface area contributed by atoms with Crippen LogP contribution in [0.5, 0.6) is 0 Å². The SMILES string of the molecule is Cc1ccc(S(=O)(=O)N2CCOCC2)cc1C(=O)N[C@@H](C)[C@@H]1C[C@@H]2CC[C@@H]1C2. The Morgan fingerprint density at radius 1 is 1.21 bits per heavy atom. The molecule has 1 amide bonds. The minimum atomic E-state index is -3.61. The summed E-state index contributed by atoms with van der Waals surface area (Å²) in [4.78, 5) is 13.1. The molecule has 3 fully saturated rings. The molecule has 2 saturated carbocycles. The van der Waals surface area contributed by atoms with E-state index in [0.29, 0.717) is 37.8 Å². The molecule has 1 aromatic rings. The van der Waals surface area contributed by atoms with Gasteiger partial charge >= 0.3 is 0 Å². The molecular formula is C21H30N2O4S. The van der Waals surface area contributed by atoms with Crippen LogP contribution >= 0.6 is 0 Å². The largest absolute Gasteiger partial charge is 0.379 e. The van der Waals surface area contributed by atoms with Crippen LogP contribution in [0.2, 0.25) is 0 Å². The van der Waals surface area contributed by atoms with Crippen LogP contribution in [0.1, 0.15) is 48.5 Å². The van der Waals surface area contributed by atoms with Crippen LogP contribution in [0.4, 0.5) is 0 Å². The molecule has 1 N–H and O–H groups in total. The zero-order chi connectivity index (χ0) is 19.9. The van der Waals surface area contributed by atoms with Crippen molar-refractivity contribution in [2.75, 3.05) is 26.3 Å². The van der Waals surface area contributed by atoms with E-state index in [-0.39, 0.29) is 16.8 Å². The Hall–Kier alpha value is -1.44. The molecule has 0 aromatic heterocycles. The first-order chi connectivity index (χ1) is 13.4. The first kappa shape index (κ1) is 19.9. The molecular weight excluding hydrogens is 376 g/mol. The summed E-state index contributed by atoms with van der Waals surface area (Å²) in [6, 6.07) is 4.96. The van der Waals surface area contributed by atoms with Crippen LogP contribution in [0.25, 0.3) is 0 Å². The lowest BCUT2D eigenvalue weighted by Crippen LogP contribution is -2.41. The molecule has 1 aliphatic heterocycles. The van der Waals surface area contributed by atoms with Crippen molar-refractivity contribution in [3.8, 4) is 0 Å². The van der Waals surface area contributed by atoms with Crippen LogP contribution in [0.3, 0.4) is 0 Å². The maximum Gasteiger partial charge on any atom is 0.251 e. The monoisotopic (exact) mass is 406 g/mol. The topological polar surface area (TPSA) is 75.7 Å². The third-order valence-electron chi connectivity index (χ3n) is 6.86. The van der Waals surface area contributed by atoms with Crippen LogP contribution in [-0.4, -0.2) is 51.0 Å². The summed E-state index contributed by atoms with van der Waals surface area (Å²) in [6.45, 7) is 5.44. The number of sulfonamides is 1. The van der Waals surface area contributed by atoms with E-state index >= 15 is 0 Å². The summed E-state index contributed by atoms with van der Waals surface area (Å²) in [5.41, 5.74) is 1.24. The zero-order valence-corrected chi connectivity index (χ0v) is 17.5. The van der Waals surface area contributed by atoms with Gasteiger partial charge in [-0.25, -0.2) is 8.42 Å². The quantitative estimate of drug-likeness (QED) is 0.815. The summed E-state index contributed by atoms with van der Waals surface area (Å²) in [7, 11) is -3.61. The Bertz CT molecular complexity index is 848. The number of aryl methyl sites for hydroxylation is 1. The second-order valence-electron chi connectivity index (χ2n) is 8.59. The average Bonchev–Trinajstić information content (AvgIpc) is 3.32. The minimum absolute atomic E-state index is 0.113. The number of hydrogen-bond donors (Lipinski definition) is 1. The summed E-state index contributed by atoms with van der Waals surface area (Å²) in [6.07, 6.45) is 5.12. The van der Waals surface area contributed by atoms with Crippen molar-refractivity contribution in [2.24, 2.45) is 17.8 Å². The molecule has 0 spiro atoms. The van der Waals surface area contributed by atoms with Gasteiger partial charge in [0.2, 0.25) is 10.0 Å². The van der Waals surface area contributed by atoms with Gasteiger partial charge in [0.15, 0.2) is 0 Å². The fourth-order valence-corrected chi connectivity index (χ4v) is 6.67. The molecule has 7 heteroatoms. The van der Waals surface area contributed by atoms with E-state index in [0.717, 1.165) is 17.4 Å². The molecule has 1 aromatic carbocycles. The van der Waals surface area contributed by atoms with E-state index in [1.165, 1.54) is 36.1 Å². The molecule has 1 saturated heterocycles. The van der Waals surface area contributed by atoms with Crippen LogP contribution in [0.15, 0.2) is 23.1 Å². The van der Waals surface area contributed by atoms with Crippen molar-refractivity contribution in [3.05, 3.63) is 29.3 Å². The lowest BCUT2D eigenvalue weighted by molar-refractivity contribution is 0.0730. The van der Waals surface area contributed by atoms with Gasteiger partial charge in [0.25, 0.3) is 5.91 Å². The average molecular weight is 407 g/mol. The van der Waals surface area contributed by atoms with E-state index < -0.39 is 10.0 Å². The number of hydrogen-bond acceptors (Lipinski definition) is 4. The molecule has 6 nitrogen and oxygen atoms in total. The van der Waals surface area contributed by atoms with E-state index in [1.54, 1.807) is 12.1 Å². The number of carbonyl (C=O) groups is 1. The van der Waals surface area contributed by atoms with Gasteiger partial charge in [0, 0.05) is 24.7 Å². The number of morpholine rings is 1. The van der Waals surface area contributed by atoms with E-state index in [9.17, 15) is 13.2 Å². The normalized spacial score (nSPS) is 29.0. The van der Waals surface area contributed by atoms with Crippen molar-refractivity contribution in [1.29, 1.82) is 0 Å². The zero-order valence-electron chi connectivity index (χ0n) is 16.7. The molecule has 3 aliphatic rings. The van der Waals surface area contributed by atoms with Gasteiger partial charge in [-0.2, -0.15) is 4.31 Å². The molecule has 4 atom stereocenters. The highest BCUT2D eigenvalue weighted by atomic mass is 32.2. The Labute approximate surface area is 167 Å². The second kappa shape index (κ2) is 7.76. The number of ether oxygens (including phenoxy) is 1. The van der Waals surface area contributed by atoms with Gasteiger partial charge in [-0.05, 0) is 68.6 Å². The molecule has 4 rings (SSSR count). The summed E-state index contributed by atoms with van der Waals surface area (Å²) < 4.78 is 32.5. The first-order valence-electron chi connectivity index (χ1n) is 10.4. The fourth-order valence-electron chi connectivity index (χ4n) is 5.24. The summed E-state index contributed by atoms with van der Waals surface area (Å²) in [5, 5.41) is 3.15. The predicted octanol–water partition coefficient (Wildman–Crippen LogP) is 2.57. The highest BCUT2D eigenvalue weighted by Crippen LogP contribution is 2.49. The van der Waals surface area contributed by atoms with Crippen molar-refractivity contribution >= 4 is 15.9 Å². The number of fused-ring (bicyclic) bond motifs is 2. The number of benzene rings is 1. The lowest BCUT2D eigenvalue weighted by Gasteiger charge is -2.29. The Morgan fingerprint density at radius 3 is 2.61 bits per heavy atom. The smallest absolute Gasteiger partial charge is 0.251 e. The first-order valence-corrected chi connectivity index (χ1v) is 11.8. The van der Waals surface area contributed by atoms with E-state index in [4.69, 9.17) is 4.74 Å². The number of carbonyl (C=O) groups excluding carboxylic acids is 1. The van der Waals surface area contributed by atoms with Crippen molar-refractivity contribution in [2.45, 2.75) is 50.5 Å². The fraction of sp³-hybridized carbons (Fsp3) is 0.667. The maximum atomic E-state index is 13.0. The van der Waals surface area contributed by atoms with Gasteiger partial charge in [-0.15, -0.1) is 0 Å². The van der Waals surface area contributed by atoms with Crippen LogP contribution in [0, 0.1) is 24.7 Å². The molecule has 1 heterocycles. The standard InChI is InChI=1S/C21H30N2O4S/c1-14-3-6-18(28(25,26)23-7-9-27-10-8-23)13-19(14)21(24)22-15(2)20-12-16-4-5-17(20)11-16/h3,6,13,15-17,20H,4-5,7-12H2,1-2H3,(H,22,24)/t15-,16+,17+,20-/m0/s1. The van der Waals surface area contributed by atoms with E-state index in [1.807, 2.05) is 6.92 Å². The molecule has 28 heavy (non-hydrogen) atoms. The van der Waals surface area contributed by atoms with Crippen molar-refractivity contribution in [1.82, 2.24) is 9.62 Å². The molecule has 154 valence electrons. The van der Waals surface area contributed by atoms with Crippen molar-refractivity contribution < 1.29 is 17.9 Å². The lowest BCUT2D eigenvalue weighted by atomic mass is 9.84. The highest BCUT2D eigenvalue weighted by molar-refractivity contribution is 7.89. The summed E-state index contributed by atoms with van der Waals surface area (Å²) in [5.74, 6) is 1.93. The Balaban J connectivity index is 1.51. The third kappa shape index (κ3) is 3.72.